The lowest BCUT2D eigenvalue weighted by molar-refractivity contribution is 0.414. The molecule has 0 aliphatic carbocycles. The first-order valence-electron chi connectivity index (χ1n) is 5.55. The minimum atomic E-state index is -3.81. The summed E-state index contributed by atoms with van der Waals surface area (Å²) >= 11 is 0. The molecule has 8 heteroatoms. The lowest BCUT2D eigenvalue weighted by Gasteiger charge is -2.21. The highest BCUT2D eigenvalue weighted by Gasteiger charge is 2.21. The standard InChI is InChI=1S/C11H17FN4O2S/c1-7(2)16(3)19(17,18)15-10-5-4-8(11(13)14)6-9(10)12/h4-7,15H,1-3H3,(H3,13,14). The molecule has 0 fully saturated rings. The van der Waals surface area contributed by atoms with Crippen LogP contribution in [0.15, 0.2) is 18.2 Å². The Morgan fingerprint density at radius 1 is 1.47 bits per heavy atom. The van der Waals surface area contributed by atoms with Gasteiger partial charge in [0.15, 0.2) is 0 Å². The van der Waals surface area contributed by atoms with Gasteiger partial charge in [-0.15, -0.1) is 0 Å². The molecule has 0 saturated heterocycles. The van der Waals surface area contributed by atoms with Crippen molar-refractivity contribution in [2.75, 3.05) is 11.8 Å². The minimum absolute atomic E-state index is 0.183. The fourth-order valence-electron chi connectivity index (χ4n) is 1.25. The van der Waals surface area contributed by atoms with E-state index in [-0.39, 0.29) is 23.1 Å². The summed E-state index contributed by atoms with van der Waals surface area (Å²) in [5.74, 6) is -1.07. The van der Waals surface area contributed by atoms with Crippen molar-refractivity contribution in [3.63, 3.8) is 0 Å². The second kappa shape index (κ2) is 5.54. The van der Waals surface area contributed by atoms with E-state index in [1.54, 1.807) is 13.8 Å². The molecule has 4 N–H and O–H groups in total. The van der Waals surface area contributed by atoms with E-state index >= 15 is 0 Å². The molecule has 0 unspecified atom stereocenters. The van der Waals surface area contributed by atoms with Gasteiger partial charge >= 0.3 is 10.2 Å². The summed E-state index contributed by atoms with van der Waals surface area (Å²) in [4.78, 5) is 0. The van der Waals surface area contributed by atoms with Crippen molar-refractivity contribution in [3.8, 4) is 0 Å². The molecule has 0 amide bonds. The Labute approximate surface area is 112 Å². The molecule has 0 heterocycles. The molecule has 1 rings (SSSR count). The third-order valence-electron chi connectivity index (χ3n) is 2.63. The van der Waals surface area contributed by atoms with Gasteiger partial charge in [-0.2, -0.15) is 12.7 Å². The average Bonchev–Trinajstić information content (AvgIpc) is 2.30. The van der Waals surface area contributed by atoms with E-state index in [1.807, 2.05) is 0 Å². The van der Waals surface area contributed by atoms with Gasteiger partial charge < -0.3 is 5.73 Å². The summed E-state index contributed by atoms with van der Waals surface area (Å²) in [5.41, 5.74) is 5.23. The molecule has 6 nitrogen and oxygen atoms in total. The van der Waals surface area contributed by atoms with E-state index in [0.29, 0.717) is 0 Å². The predicted octanol–water partition coefficient (Wildman–Crippen LogP) is 1.11. The molecule has 0 spiro atoms. The van der Waals surface area contributed by atoms with Gasteiger partial charge in [0.25, 0.3) is 0 Å². The Morgan fingerprint density at radius 3 is 2.47 bits per heavy atom. The van der Waals surface area contributed by atoms with Crippen molar-refractivity contribution in [2.24, 2.45) is 5.73 Å². The number of hydrogen-bond donors (Lipinski definition) is 3. The Hall–Kier alpha value is -1.67. The van der Waals surface area contributed by atoms with Crippen LogP contribution in [0.4, 0.5) is 10.1 Å². The summed E-state index contributed by atoms with van der Waals surface area (Å²) in [6, 6.07) is 3.36. The van der Waals surface area contributed by atoms with E-state index in [4.69, 9.17) is 11.1 Å². The normalized spacial score (nSPS) is 11.9. The van der Waals surface area contributed by atoms with Crippen molar-refractivity contribution in [3.05, 3.63) is 29.6 Å². The number of halogens is 1. The molecule has 0 radical (unpaired) electrons. The van der Waals surface area contributed by atoms with Crippen molar-refractivity contribution in [1.29, 1.82) is 5.41 Å². The van der Waals surface area contributed by atoms with Gasteiger partial charge in [0.1, 0.15) is 11.7 Å². The van der Waals surface area contributed by atoms with Crippen LogP contribution in [0.2, 0.25) is 0 Å². The smallest absolute Gasteiger partial charge is 0.301 e. The number of nitrogen functional groups attached to an aromatic ring is 1. The van der Waals surface area contributed by atoms with Crippen LogP contribution >= 0.6 is 0 Å². The van der Waals surface area contributed by atoms with Gasteiger partial charge in [0, 0.05) is 18.7 Å². The zero-order valence-corrected chi connectivity index (χ0v) is 11.8. The lowest BCUT2D eigenvalue weighted by Crippen LogP contribution is -2.37. The highest BCUT2D eigenvalue weighted by molar-refractivity contribution is 7.90. The van der Waals surface area contributed by atoms with E-state index in [1.165, 1.54) is 19.2 Å². The van der Waals surface area contributed by atoms with Crippen LogP contribution in [0.3, 0.4) is 0 Å². The molecule has 106 valence electrons. The fraction of sp³-hybridized carbons (Fsp3) is 0.364. The molecule has 19 heavy (non-hydrogen) atoms. The number of anilines is 1. The first-order valence-corrected chi connectivity index (χ1v) is 6.99. The maximum Gasteiger partial charge on any atom is 0.301 e. The van der Waals surface area contributed by atoms with Crippen LogP contribution in [0.1, 0.15) is 19.4 Å². The molecule has 0 aromatic heterocycles. The first kappa shape index (κ1) is 15.4. The van der Waals surface area contributed by atoms with E-state index < -0.39 is 16.0 Å². The number of hydrogen-bond acceptors (Lipinski definition) is 3. The van der Waals surface area contributed by atoms with Gasteiger partial charge in [-0.25, -0.2) is 4.39 Å². The summed E-state index contributed by atoms with van der Waals surface area (Å²) in [7, 11) is -2.41. The van der Waals surface area contributed by atoms with Crippen LogP contribution in [0.5, 0.6) is 0 Å². The van der Waals surface area contributed by atoms with Gasteiger partial charge in [-0.05, 0) is 32.0 Å². The molecule has 0 aliphatic rings. The quantitative estimate of drug-likeness (QED) is 0.559. The molecule has 1 aromatic carbocycles. The monoisotopic (exact) mass is 288 g/mol. The number of nitrogens with one attached hydrogen (secondary N) is 2. The topological polar surface area (TPSA) is 99.3 Å². The number of rotatable bonds is 5. The number of nitrogens with zero attached hydrogens (tertiary/aromatic N) is 1. The van der Waals surface area contributed by atoms with Gasteiger partial charge in [0.05, 0.1) is 5.69 Å². The Kier molecular flexibility index (Phi) is 4.48. The maximum absolute atomic E-state index is 13.7. The van der Waals surface area contributed by atoms with E-state index in [9.17, 15) is 12.8 Å². The second-order valence-corrected chi connectivity index (χ2v) is 6.06. The first-order chi connectivity index (χ1) is 8.65. The van der Waals surface area contributed by atoms with Gasteiger partial charge in [-0.3, -0.25) is 10.1 Å². The molecule has 0 bridgehead atoms. The molecule has 1 aromatic rings. The zero-order valence-electron chi connectivity index (χ0n) is 10.9. The summed E-state index contributed by atoms with van der Waals surface area (Å²) in [6.45, 7) is 3.41. The van der Waals surface area contributed by atoms with Crippen LogP contribution in [0, 0.1) is 11.2 Å². The molecular weight excluding hydrogens is 271 g/mol. The van der Waals surface area contributed by atoms with Crippen LogP contribution in [-0.4, -0.2) is 31.6 Å². The van der Waals surface area contributed by atoms with Gasteiger partial charge in [-0.1, -0.05) is 0 Å². The van der Waals surface area contributed by atoms with Crippen molar-refractivity contribution >= 4 is 21.7 Å². The Bertz CT molecular complexity index is 586. The summed E-state index contributed by atoms with van der Waals surface area (Å²) in [5, 5.41) is 7.17. The zero-order chi connectivity index (χ0) is 14.8. The van der Waals surface area contributed by atoms with Crippen molar-refractivity contribution in [2.45, 2.75) is 19.9 Å². The minimum Gasteiger partial charge on any atom is -0.384 e. The van der Waals surface area contributed by atoms with Crippen LogP contribution in [-0.2, 0) is 10.2 Å². The van der Waals surface area contributed by atoms with Crippen molar-refractivity contribution < 1.29 is 12.8 Å². The molecule has 0 atom stereocenters. The number of nitrogens with two attached hydrogens (primary N) is 1. The lowest BCUT2D eigenvalue weighted by atomic mass is 10.2. The SMILES string of the molecule is CC(C)N(C)S(=O)(=O)Nc1ccc(C(=N)N)cc1F. The number of benzene rings is 1. The van der Waals surface area contributed by atoms with E-state index in [2.05, 4.69) is 4.72 Å². The Morgan fingerprint density at radius 2 is 2.05 bits per heavy atom. The average molecular weight is 288 g/mol. The predicted molar refractivity (Wildman–Crippen MR) is 72.9 cm³/mol. The van der Waals surface area contributed by atoms with Gasteiger partial charge in [0.2, 0.25) is 0 Å². The maximum atomic E-state index is 13.7. The molecule has 0 aliphatic heterocycles. The third-order valence-corrected chi connectivity index (χ3v) is 4.28. The Balaban J connectivity index is 3.04. The molecular formula is C11H17FN4O2S. The fourth-order valence-corrected chi connectivity index (χ4v) is 2.40. The highest BCUT2D eigenvalue weighted by atomic mass is 32.2. The second-order valence-electron chi connectivity index (χ2n) is 4.33. The van der Waals surface area contributed by atoms with Crippen LogP contribution in [0.25, 0.3) is 0 Å². The van der Waals surface area contributed by atoms with E-state index in [0.717, 1.165) is 10.4 Å². The summed E-state index contributed by atoms with van der Waals surface area (Å²) < 4.78 is 40.7. The summed E-state index contributed by atoms with van der Waals surface area (Å²) in [6.07, 6.45) is 0. The molecule has 0 saturated carbocycles. The van der Waals surface area contributed by atoms with Crippen molar-refractivity contribution in [1.82, 2.24) is 4.31 Å². The number of amidine groups is 1. The van der Waals surface area contributed by atoms with Crippen LogP contribution < -0.4 is 10.5 Å². The largest absolute Gasteiger partial charge is 0.384 e. The third kappa shape index (κ3) is 3.65. The highest BCUT2D eigenvalue weighted by Crippen LogP contribution is 2.18.